The van der Waals surface area contributed by atoms with Crippen LogP contribution in [0.3, 0.4) is 0 Å². The van der Waals surface area contributed by atoms with Crippen LogP contribution in [0.4, 0.5) is 0 Å². The molecule has 1 amide bonds. The summed E-state index contributed by atoms with van der Waals surface area (Å²) in [4.78, 5) is 47.8. The molecule has 2 aromatic heterocycles. The topological polar surface area (TPSA) is 149 Å². The van der Waals surface area contributed by atoms with E-state index >= 15 is 0 Å². The number of carbonyl (C=O) groups excluding carboxylic acids is 1. The van der Waals surface area contributed by atoms with Gasteiger partial charge in [-0.1, -0.05) is 6.42 Å². The van der Waals surface area contributed by atoms with Crippen LogP contribution in [-0.2, 0) is 9.59 Å². The highest BCUT2D eigenvalue weighted by Crippen LogP contribution is 2.31. The molecule has 34 heavy (non-hydrogen) atoms. The number of rotatable bonds is 9. The van der Waals surface area contributed by atoms with Crippen LogP contribution in [0, 0.1) is 0 Å². The Morgan fingerprint density at radius 3 is 2.26 bits per heavy atom. The van der Waals surface area contributed by atoms with Gasteiger partial charge >= 0.3 is 11.9 Å². The van der Waals surface area contributed by atoms with Crippen molar-refractivity contribution in [2.45, 2.75) is 58.4 Å². The number of aromatic nitrogens is 1. The molecule has 0 spiro atoms. The molecule has 1 saturated heterocycles. The van der Waals surface area contributed by atoms with Gasteiger partial charge in [0.2, 0.25) is 0 Å². The maximum atomic E-state index is 12.8. The van der Waals surface area contributed by atoms with Crippen LogP contribution in [0.1, 0.15) is 68.8 Å². The molecule has 2 aromatic rings. The normalized spacial score (nSPS) is 14.0. The molecular formula is C23H33N3O7S. The Bertz CT molecular complexity index is 1040. The summed E-state index contributed by atoms with van der Waals surface area (Å²) in [5.74, 6) is -2.86. The number of fused-ring (bicyclic) bond motifs is 1. The molecular weight excluding hydrogens is 462 g/mol. The van der Waals surface area contributed by atoms with Gasteiger partial charge in [-0.3, -0.25) is 23.7 Å². The van der Waals surface area contributed by atoms with Gasteiger partial charge in [-0.05, 0) is 64.2 Å². The lowest BCUT2D eigenvalue weighted by Crippen LogP contribution is -2.36. The largest absolute Gasteiger partial charge is 0.506 e. The van der Waals surface area contributed by atoms with E-state index in [1.165, 1.54) is 30.6 Å². The summed E-state index contributed by atoms with van der Waals surface area (Å²) in [6.07, 6.45) is 4.04. The number of carboxylic acids is 2. The van der Waals surface area contributed by atoms with Gasteiger partial charge in [0.25, 0.3) is 11.5 Å². The van der Waals surface area contributed by atoms with Crippen molar-refractivity contribution in [1.29, 1.82) is 0 Å². The maximum absolute atomic E-state index is 12.8. The molecule has 1 fully saturated rings. The van der Waals surface area contributed by atoms with Crippen molar-refractivity contribution < 1.29 is 29.7 Å². The van der Waals surface area contributed by atoms with Crippen LogP contribution in [-0.4, -0.2) is 68.8 Å². The molecule has 0 atom stereocenters. The summed E-state index contributed by atoms with van der Waals surface area (Å²) in [6.45, 7) is 7.50. The van der Waals surface area contributed by atoms with Gasteiger partial charge in [-0.2, -0.15) is 0 Å². The van der Waals surface area contributed by atoms with E-state index in [9.17, 15) is 24.3 Å². The minimum atomic E-state index is -1.08. The van der Waals surface area contributed by atoms with E-state index in [-0.39, 0.29) is 30.2 Å². The van der Waals surface area contributed by atoms with Crippen molar-refractivity contribution >= 4 is 39.4 Å². The average Bonchev–Trinajstić information content (AvgIpc) is 3.26. The third kappa shape index (κ3) is 7.56. The van der Waals surface area contributed by atoms with E-state index in [1.807, 2.05) is 19.2 Å². The molecule has 10 nitrogen and oxygen atoms in total. The van der Waals surface area contributed by atoms with E-state index in [0.29, 0.717) is 16.8 Å². The van der Waals surface area contributed by atoms with Gasteiger partial charge < -0.3 is 25.5 Å². The number of aromatic hydroxyl groups is 1. The number of piperidine rings is 1. The first-order valence-electron chi connectivity index (χ1n) is 11.4. The van der Waals surface area contributed by atoms with E-state index in [4.69, 9.17) is 10.2 Å². The lowest BCUT2D eigenvalue weighted by molar-refractivity contribution is -0.143. The second-order valence-corrected chi connectivity index (χ2v) is 9.33. The fraction of sp³-hybridized carbons (Fsp3) is 0.565. The second-order valence-electron chi connectivity index (χ2n) is 8.43. The lowest BCUT2D eigenvalue weighted by Gasteiger charge is -2.26. The number of likely N-dealkylation sites (tertiary alicyclic amines) is 1. The van der Waals surface area contributed by atoms with Crippen LogP contribution in [0.5, 0.6) is 5.75 Å². The number of hydrogen-bond acceptors (Lipinski definition) is 7. The molecule has 0 aliphatic carbocycles. The Labute approximate surface area is 201 Å². The fourth-order valence-electron chi connectivity index (χ4n) is 3.78. The number of carboxylic acid groups (broad SMARTS) is 2. The molecule has 4 N–H and O–H groups in total. The summed E-state index contributed by atoms with van der Waals surface area (Å²) in [7, 11) is 0. The first-order valence-corrected chi connectivity index (χ1v) is 12.3. The number of amides is 1. The minimum Gasteiger partial charge on any atom is -0.506 e. The molecule has 0 aromatic carbocycles. The predicted octanol–water partition coefficient (Wildman–Crippen LogP) is 2.89. The Hall–Kier alpha value is -2.92. The smallest absolute Gasteiger partial charge is 0.303 e. The van der Waals surface area contributed by atoms with Crippen molar-refractivity contribution in [3.8, 4) is 5.75 Å². The molecule has 3 heterocycles. The number of carbonyl (C=O) groups is 3. The molecule has 11 heteroatoms. The molecule has 0 unspecified atom stereocenters. The summed E-state index contributed by atoms with van der Waals surface area (Å²) in [5.41, 5.74) is -0.580. The fourth-order valence-corrected chi connectivity index (χ4v) is 4.81. The first-order chi connectivity index (χ1) is 16.1. The van der Waals surface area contributed by atoms with Crippen LogP contribution in [0.15, 0.2) is 16.2 Å². The number of nitrogens with zero attached hydrogens (tertiary/aromatic N) is 2. The predicted molar refractivity (Wildman–Crippen MR) is 130 cm³/mol. The van der Waals surface area contributed by atoms with E-state index in [1.54, 1.807) is 10.6 Å². The molecule has 0 bridgehead atoms. The third-order valence-corrected chi connectivity index (χ3v) is 6.38. The van der Waals surface area contributed by atoms with Gasteiger partial charge in [-0.25, -0.2) is 0 Å². The molecule has 188 valence electrons. The number of thiophene rings is 1. The standard InChI is InChI=1S/C19H27N3O3S.C4H6O4/c1-13(2)22-18(25)15(16(23)14-7-12-26-19(14)22)17(24)20-8-6-11-21-9-4-3-5-10-21;5-3(6)1-2-4(7)8/h7,12-13,23H,3-6,8-11H2,1-2H3,(H,20,24);1-2H2,(H,5,6)(H,7,8). The number of nitrogens with one attached hydrogen (secondary N) is 1. The van der Waals surface area contributed by atoms with Gasteiger partial charge in [0.1, 0.15) is 16.1 Å². The molecule has 1 aliphatic rings. The molecule has 1 aliphatic heterocycles. The molecule has 3 rings (SSSR count). The van der Waals surface area contributed by atoms with Crippen LogP contribution < -0.4 is 10.9 Å². The van der Waals surface area contributed by atoms with Crippen LogP contribution in [0.25, 0.3) is 10.2 Å². The highest BCUT2D eigenvalue weighted by atomic mass is 32.1. The van der Waals surface area contributed by atoms with Crippen molar-refractivity contribution in [3.05, 3.63) is 27.4 Å². The van der Waals surface area contributed by atoms with Gasteiger partial charge in [-0.15, -0.1) is 11.3 Å². The summed E-state index contributed by atoms with van der Waals surface area (Å²) in [5, 5.41) is 31.5. The first kappa shape index (κ1) is 27.3. The lowest BCUT2D eigenvalue weighted by atomic mass is 10.1. The Morgan fingerprint density at radius 1 is 1.09 bits per heavy atom. The van der Waals surface area contributed by atoms with Crippen molar-refractivity contribution in [2.24, 2.45) is 0 Å². The Morgan fingerprint density at radius 2 is 1.71 bits per heavy atom. The SMILES string of the molecule is CC(C)n1c(=O)c(C(=O)NCCCN2CCCCC2)c(O)c2ccsc21.O=C(O)CCC(=O)O. The summed E-state index contributed by atoms with van der Waals surface area (Å²) >= 11 is 1.39. The zero-order valence-corrected chi connectivity index (χ0v) is 20.4. The van der Waals surface area contributed by atoms with Gasteiger partial charge in [0.05, 0.1) is 18.2 Å². The monoisotopic (exact) mass is 495 g/mol. The number of pyridine rings is 1. The number of hydrogen-bond donors (Lipinski definition) is 4. The van der Waals surface area contributed by atoms with E-state index in [0.717, 1.165) is 26.1 Å². The van der Waals surface area contributed by atoms with Crippen LogP contribution >= 0.6 is 11.3 Å². The number of aliphatic carboxylic acids is 2. The van der Waals surface area contributed by atoms with Crippen molar-refractivity contribution in [2.75, 3.05) is 26.2 Å². The average molecular weight is 496 g/mol. The van der Waals surface area contributed by atoms with E-state index < -0.39 is 23.4 Å². The second kappa shape index (κ2) is 13.1. The Kier molecular flexibility index (Phi) is 10.5. The molecule has 0 saturated carbocycles. The highest BCUT2D eigenvalue weighted by Gasteiger charge is 2.23. The Balaban J connectivity index is 0.000000440. The van der Waals surface area contributed by atoms with Gasteiger partial charge in [0, 0.05) is 12.6 Å². The zero-order chi connectivity index (χ0) is 25.3. The van der Waals surface area contributed by atoms with Crippen LogP contribution in [0.2, 0.25) is 0 Å². The van der Waals surface area contributed by atoms with Crippen molar-refractivity contribution in [1.82, 2.24) is 14.8 Å². The van der Waals surface area contributed by atoms with Crippen molar-refractivity contribution in [3.63, 3.8) is 0 Å². The zero-order valence-electron chi connectivity index (χ0n) is 19.6. The molecule has 0 radical (unpaired) electrons. The summed E-state index contributed by atoms with van der Waals surface area (Å²) in [6, 6.07) is 1.66. The highest BCUT2D eigenvalue weighted by molar-refractivity contribution is 7.16. The third-order valence-electron chi connectivity index (χ3n) is 5.47. The summed E-state index contributed by atoms with van der Waals surface area (Å²) < 4.78 is 1.59. The minimum absolute atomic E-state index is 0.0881. The quantitative estimate of drug-likeness (QED) is 0.388. The maximum Gasteiger partial charge on any atom is 0.303 e. The van der Waals surface area contributed by atoms with Gasteiger partial charge in [0.15, 0.2) is 0 Å². The van der Waals surface area contributed by atoms with E-state index in [2.05, 4.69) is 10.2 Å².